The van der Waals surface area contributed by atoms with Crippen LogP contribution in [0.15, 0.2) is 18.3 Å². The van der Waals surface area contributed by atoms with Crippen LogP contribution in [0.1, 0.15) is 11.3 Å². The van der Waals surface area contributed by atoms with Gasteiger partial charge in [-0.15, -0.1) is 0 Å². The van der Waals surface area contributed by atoms with Crippen molar-refractivity contribution in [2.75, 3.05) is 33.9 Å². The number of pyridine rings is 1. The van der Waals surface area contributed by atoms with Crippen LogP contribution in [0.3, 0.4) is 0 Å². The highest BCUT2D eigenvalue weighted by molar-refractivity contribution is 5.77. The largest absolute Gasteiger partial charge is 0.383 e. The first-order valence-corrected chi connectivity index (χ1v) is 5.95. The Bertz CT molecular complexity index is 456. The second-order valence-corrected chi connectivity index (χ2v) is 4.18. The first kappa shape index (κ1) is 15.1. The van der Waals surface area contributed by atoms with Crippen LogP contribution in [0.4, 0.5) is 0 Å². The molecule has 6 heteroatoms. The Morgan fingerprint density at radius 1 is 1.63 bits per heavy atom. The second-order valence-electron chi connectivity index (χ2n) is 4.18. The van der Waals surface area contributed by atoms with Gasteiger partial charge in [0.1, 0.15) is 11.8 Å². The maximum Gasteiger partial charge on any atom is 0.234 e. The molecular formula is C13H18N4O2. The van der Waals surface area contributed by atoms with Gasteiger partial charge in [0.05, 0.1) is 13.2 Å². The molecular weight excluding hydrogens is 244 g/mol. The number of carbonyl (C=O) groups excluding carboxylic acids is 1. The van der Waals surface area contributed by atoms with Gasteiger partial charge in [-0.2, -0.15) is 5.26 Å². The summed E-state index contributed by atoms with van der Waals surface area (Å²) < 4.78 is 4.85. The maximum atomic E-state index is 11.6. The average Bonchev–Trinajstić information content (AvgIpc) is 2.39. The molecule has 1 N–H and O–H groups in total. The Hall–Kier alpha value is -1.97. The predicted octanol–water partition coefficient (Wildman–Crippen LogP) is 0.148. The highest BCUT2D eigenvalue weighted by Gasteiger charge is 2.07. The van der Waals surface area contributed by atoms with E-state index in [1.807, 2.05) is 24.1 Å². The van der Waals surface area contributed by atoms with Crippen LogP contribution in [0.2, 0.25) is 0 Å². The number of nitrogens with zero attached hydrogens (tertiary/aromatic N) is 3. The van der Waals surface area contributed by atoms with Crippen LogP contribution < -0.4 is 5.32 Å². The molecule has 1 aromatic rings. The van der Waals surface area contributed by atoms with E-state index >= 15 is 0 Å². The van der Waals surface area contributed by atoms with Gasteiger partial charge in [0.2, 0.25) is 5.91 Å². The number of nitriles is 1. The zero-order chi connectivity index (χ0) is 14.1. The molecule has 6 nitrogen and oxygen atoms in total. The Morgan fingerprint density at radius 2 is 2.42 bits per heavy atom. The van der Waals surface area contributed by atoms with Gasteiger partial charge in [0, 0.05) is 26.4 Å². The molecule has 0 spiro atoms. The van der Waals surface area contributed by atoms with E-state index < -0.39 is 0 Å². The molecule has 1 heterocycles. The fourth-order valence-electron chi connectivity index (χ4n) is 1.59. The molecule has 102 valence electrons. The Labute approximate surface area is 113 Å². The molecule has 0 radical (unpaired) electrons. The molecule has 0 unspecified atom stereocenters. The molecule has 0 saturated heterocycles. The summed E-state index contributed by atoms with van der Waals surface area (Å²) >= 11 is 0. The lowest BCUT2D eigenvalue weighted by atomic mass is 10.2. The molecule has 0 aliphatic heterocycles. The van der Waals surface area contributed by atoms with Crippen molar-refractivity contribution in [1.82, 2.24) is 15.2 Å². The monoisotopic (exact) mass is 262 g/mol. The summed E-state index contributed by atoms with van der Waals surface area (Å²) in [5.41, 5.74) is 1.34. The van der Waals surface area contributed by atoms with E-state index in [4.69, 9.17) is 10.00 Å². The van der Waals surface area contributed by atoms with E-state index in [0.29, 0.717) is 31.9 Å². The van der Waals surface area contributed by atoms with Crippen molar-refractivity contribution in [2.24, 2.45) is 0 Å². The second kappa shape index (κ2) is 8.19. The zero-order valence-electron chi connectivity index (χ0n) is 11.2. The summed E-state index contributed by atoms with van der Waals surface area (Å²) in [6.07, 6.45) is 1.60. The Balaban J connectivity index is 2.40. The van der Waals surface area contributed by atoms with Crippen molar-refractivity contribution in [3.8, 4) is 6.07 Å². The van der Waals surface area contributed by atoms with Crippen molar-refractivity contribution in [3.63, 3.8) is 0 Å². The Kier molecular flexibility index (Phi) is 6.50. The highest BCUT2D eigenvalue weighted by atomic mass is 16.5. The lowest BCUT2D eigenvalue weighted by Gasteiger charge is -2.16. The van der Waals surface area contributed by atoms with Gasteiger partial charge in [-0.1, -0.05) is 0 Å². The third-order valence-corrected chi connectivity index (χ3v) is 2.43. The third kappa shape index (κ3) is 5.95. The SMILES string of the molecule is COCCNC(=O)CN(C)Cc1ccnc(C#N)c1. The van der Waals surface area contributed by atoms with E-state index in [0.717, 1.165) is 5.56 Å². The summed E-state index contributed by atoms with van der Waals surface area (Å²) in [7, 11) is 3.44. The standard InChI is InChI=1S/C13H18N4O2/c1-17(10-13(18)16-5-6-19-2)9-11-3-4-15-12(7-11)8-14/h3-4,7H,5-6,9-10H2,1-2H3,(H,16,18). The number of likely N-dealkylation sites (N-methyl/N-ethyl adjacent to an activating group) is 1. The number of amides is 1. The number of ether oxygens (including phenoxy) is 1. The third-order valence-electron chi connectivity index (χ3n) is 2.43. The minimum absolute atomic E-state index is 0.0471. The Morgan fingerprint density at radius 3 is 3.11 bits per heavy atom. The van der Waals surface area contributed by atoms with Crippen LogP contribution in [-0.4, -0.2) is 49.6 Å². The molecule has 0 atom stereocenters. The number of hydrogen-bond acceptors (Lipinski definition) is 5. The van der Waals surface area contributed by atoms with E-state index in [9.17, 15) is 4.79 Å². The van der Waals surface area contributed by atoms with Gasteiger partial charge in [0.15, 0.2) is 0 Å². The number of rotatable bonds is 7. The number of nitrogens with one attached hydrogen (secondary N) is 1. The number of carbonyl (C=O) groups is 1. The fraction of sp³-hybridized carbons (Fsp3) is 0.462. The zero-order valence-corrected chi connectivity index (χ0v) is 11.2. The van der Waals surface area contributed by atoms with Gasteiger partial charge in [-0.25, -0.2) is 4.98 Å². The van der Waals surface area contributed by atoms with Gasteiger partial charge in [-0.3, -0.25) is 9.69 Å². The quantitative estimate of drug-likeness (QED) is 0.708. The summed E-state index contributed by atoms with van der Waals surface area (Å²) in [4.78, 5) is 17.3. The molecule has 19 heavy (non-hydrogen) atoms. The molecule has 0 aliphatic carbocycles. The molecule has 0 aliphatic rings. The summed E-state index contributed by atoms with van der Waals surface area (Å²) in [5.74, 6) is -0.0471. The summed E-state index contributed by atoms with van der Waals surface area (Å²) in [6.45, 7) is 1.91. The molecule has 1 rings (SSSR count). The van der Waals surface area contributed by atoms with Crippen molar-refractivity contribution >= 4 is 5.91 Å². The lowest BCUT2D eigenvalue weighted by molar-refractivity contribution is -0.122. The first-order valence-electron chi connectivity index (χ1n) is 5.95. The lowest BCUT2D eigenvalue weighted by Crippen LogP contribution is -2.36. The fourth-order valence-corrected chi connectivity index (χ4v) is 1.59. The van der Waals surface area contributed by atoms with Gasteiger partial charge < -0.3 is 10.1 Å². The number of aromatic nitrogens is 1. The molecule has 1 amide bonds. The smallest absolute Gasteiger partial charge is 0.234 e. The van der Waals surface area contributed by atoms with Crippen LogP contribution in [-0.2, 0) is 16.1 Å². The maximum absolute atomic E-state index is 11.6. The van der Waals surface area contributed by atoms with E-state index in [2.05, 4.69) is 10.3 Å². The summed E-state index contributed by atoms with van der Waals surface area (Å²) in [5, 5.41) is 11.5. The van der Waals surface area contributed by atoms with Crippen molar-refractivity contribution in [3.05, 3.63) is 29.6 Å². The number of methoxy groups -OCH3 is 1. The van der Waals surface area contributed by atoms with E-state index in [-0.39, 0.29) is 5.91 Å². The predicted molar refractivity (Wildman–Crippen MR) is 70.2 cm³/mol. The van der Waals surface area contributed by atoms with Gasteiger partial charge in [0.25, 0.3) is 0 Å². The molecule has 0 aromatic carbocycles. The van der Waals surface area contributed by atoms with Crippen LogP contribution >= 0.6 is 0 Å². The molecule has 0 saturated carbocycles. The topological polar surface area (TPSA) is 78.2 Å². The van der Waals surface area contributed by atoms with E-state index in [1.165, 1.54) is 0 Å². The van der Waals surface area contributed by atoms with Crippen molar-refractivity contribution in [2.45, 2.75) is 6.54 Å². The highest BCUT2D eigenvalue weighted by Crippen LogP contribution is 2.03. The molecule has 1 aromatic heterocycles. The summed E-state index contributed by atoms with van der Waals surface area (Å²) in [6, 6.07) is 5.55. The minimum atomic E-state index is -0.0471. The molecule has 0 bridgehead atoms. The average molecular weight is 262 g/mol. The van der Waals surface area contributed by atoms with Gasteiger partial charge >= 0.3 is 0 Å². The first-order chi connectivity index (χ1) is 9.15. The minimum Gasteiger partial charge on any atom is -0.383 e. The van der Waals surface area contributed by atoms with Crippen molar-refractivity contribution in [1.29, 1.82) is 5.26 Å². The van der Waals surface area contributed by atoms with E-state index in [1.54, 1.807) is 19.4 Å². The van der Waals surface area contributed by atoms with Crippen LogP contribution in [0, 0.1) is 11.3 Å². The van der Waals surface area contributed by atoms with Crippen molar-refractivity contribution < 1.29 is 9.53 Å². The van der Waals surface area contributed by atoms with Crippen LogP contribution in [0.5, 0.6) is 0 Å². The van der Waals surface area contributed by atoms with Gasteiger partial charge in [-0.05, 0) is 24.7 Å². The van der Waals surface area contributed by atoms with Crippen LogP contribution in [0.25, 0.3) is 0 Å². The normalized spacial score (nSPS) is 10.2. The number of hydrogen-bond donors (Lipinski definition) is 1. The molecule has 0 fully saturated rings.